The molecule has 2 aromatic heterocycles. The minimum Gasteiger partial charge on any atom is -0.355 e. The Morgan fingerprint density at radius 1 is 0.943 bits per heavy atom. The standard InChI is InChI=1S/C24H20Cl2F3N5S/c1-35-23-31-21(33-12-10-14(11-13-33)24(27,28)29)19-22(32-23)34(16-8-6-15(25)7-9-16)20(30-19)17-4-2-3-5-18(17)26/h2-9,14H,10-13H2,1H3. The van der Waals surface area contributed by atoms with Gasteiger partial charge in [-0.25, -0.2) is 15.0 Å². The summed E-state index contributed by atoms with van der Waals surface area (Å²) < 4.78 is 41.7. The Morgan fingerprint density at radius 3 is 2.26 bits per heavy atom. The smallest absolute Gasteiger partial charge is 0.355 e. The highest BCUT2D eigenvalue weighted by molar-refractivity contribution is 7.98. The summed E-state index contributed by atoms with van der Waals surface area (Å²) in [6.07, 6.45) is -2.30. The number of imidazole rings is 1. The second-order valence-corrected chi connectivity index (χ2v) is 9.85. The largest absolute Gasteiger partial charge is 0.391 e. The van der Waals surface area contributed by atoms with Crippen LogP contribution in [0.2, 0.25) is 10.0 Å². The molecule has 1 aliphatic rings. The van der Waals surface area contributed by atoms with E-state index in [1.165, 1.54) is 11.8 Å². The summed E-state index contributed by atoms with van der Waals surface area (Å²) in [7, 11) is 0. The molecule has 1 saturated heterocycles. The van der Waals surface area contributed by atoms with Crippen molar-refractivity contribution >= 4 is 51.9 Å². The van der Waals surface area contributed by atoms with E-state index in [4.69, 9.17) is 33.2 Å². The molecule has 35 heavy (non-hydrogen) atoms. The number of fused-ring (bicyclic) bond motifs is 1. The van der Waals surface area contributed by atoms with Crippen molar-refractivity contribution in [2.45, 2.75) is 24.2 Å². The Bertz CT molecular complexity index is 1370. The Morgan fingerprint density at radius 2 is 1.63 bits per heavy atom. The van der Waals surface area contributed by atoms with Gasteiger partial charge in [0.2, 0.25) is 0 Å². The van der Waals surface area contributed by atoms with E-state index in [-0.39, 0.29) is 25.9 Å². The number of hydrogen-bond acceptors (Lipinski definition) is 5. The van der Waals surface area contributed by atoms with Crippen molar-refractivity contribution in [3.8, 4) is 17.1 Å². The number of benzene rings is 2. The molecule has 1 aliphatic heterocycles. The first-order valence-corrected chi connectivity index (χ1v) is 12.9. The summed E-state index contributed by atoms with van der Waals surface area (Å²) in [6, 6.07) is 14.6. The van der Waals surface area contributed by atoms with Gasteiger partial charge in [-0.2, -0.15) is 13.2 Å². The van der Waals surface area contributed by atoms with Crippen molar-refractivity contribution in [2.75, 3.05) is 24.2 Å². The van der Waals surface area contributed by atoms with Gasteiger partial charge in [-0.1, -0.05) is 47.1 Å². The highest BCUT2D eigenvalue weighted by Gasteiger charge is 2.41. The average molecular weight is 538 g/mol. The number of thioether (sulfide) groups is 1. The van der Waals surface area contributed by atoms with Gasteiger partial charge >= 0.3 is 6.18 Å². The van der Waals surface area contributed by atoms with Crippen LogP contribution in [0.5, 0.6) is 0 Å². The van der Waals surface area contributed by atoms with Crippen LogP contribution in [0.4, 0.5) is 19.0 Å². The maximum absolute atomic E-state index is 13.3. The number of anilines is 1. The molecule has 11 heteroatoms. The Kier molecular flexibility index (Phi) is 6.59. The second kappa shape index (κ2) is 9.52. The van der Waals surface area contributed by atoms with Gasteiger partial charge in [0.25, 0.3) is 0 Å². The van der Waals surface area contributed by atoms with Crippen LogP contribution in [-0.2, 0) is 0 Å². The zero-order valence-corrected chi connectivity index (χ0v) is 20.9. The molecule has 0 saturated carbocycles. The molecular weight excluding hydrogens is 518 g/mol. The molecule has 0 amide bonds. The number of nitrogens with zero attached hydrogens (tertiary/aromatic N) is 5. The summed E-state index contributed by atoms with van der Waals surface area (Å²) in [6.45, 7) is 0.471. The van der Waals surface area contributed by atoms with E-state index in [2.05, 4.69) is 4.98 Å². The molecule has 0 aliphatic carbocycles. The normalized spacial score (nSPS) is 15.2. The molecule has 0 unspecified atom stereocenters. The molecule has 5 nitrogen and oxygen atoms in total. The van der Waals surface area contributed by atoms with Gasteiger partial charge < -0.3 is 4.90 Å². The third kappa shape index (κ3) is 4.69. The lowest BCUT2D eigenvalue weighted by molar-refractivity contribution is -0.179. The predicted molar refractivity (Wildman–Crippen MR) is 135 cm³/mol. The summed E-state index contributed by atoms with van der Waals surface area (Å²) in [5, 5.41) is 1.61. The van der Waals surface area contributed by atoms with Gasteiger partial charge in [0.05, 0.1) is 10.9 Å². The molecule has 0 spiro atoms. The molecule has 182 valence electrons. The van der Waals surface area contributed by atoms with Gasteiger partial charge in [-0.05, 0) is 55.5 Å². The van der Waals surface area contributed by atoms with E-state index in [9.17, 15) is 13.2 Å². The van der Waals surface area contributed by atoms with Crippen LogP contribution >= 0.6 is 35.0 Å². The topological polar surface area (TPSA) is 46.8 Å². The molecule has 0 atom stereocenters. The molecule has 0 bridgehead atoms. The maximum Gasteiger partial charge on any atom is 0.391 e. The van der Waals surface area contributed by atoms with Crippen LogP contribution < -0.4 is 4.90 Å². The molecule has 4 aromatic rings. The Labute approximate surface area is 214 Å². The van der Waals surface area contributed by atoms with E-state index < -0.39 is 12.1 Å². The van der Waals surface area contributed by atoms with Crippen LogP contribution in [0.15, 0.2) is 53.7 Å². The van der Waals surface area contributed by atoms with Crippen molar-refractivity contribution in [3.63, 3.8) is 0 Å². The Hall–Kier alpha value is -2.49. The number of rotatable bonds is 4. The monoisotopic (exact) mass is 537 g/mol. The van der Waals surface area contributed by atoms with E-state index in [1.807, 2.05) is 46.1 Å². The van der Waals surface area contributed by atoms with Gasteiger partial charge in [-0.15, -0.1) is 0 Å². The molecular formula is C24H20Cl2F3N5S. The SMILES string of the molecule is CSc1nc(N2CCC(C(F)(F)F)CC2)c2nc(-c3ccccc3Cl)n(-c3ccc(Cl)cc3)c2n1. The van der Waals surface area contributed by atoms with E-state index >= 15 is 0 Å². The van der Waals surface area contributed by atoms with Gasteiger partial charge in [-0.3, -0.25) is 4.57 Å². The second-order valence-electron chi connectivity index (χ2n) is 8.24. The first-order valence-electron chi connectivity index (χ1n) is 10.9. The predicted octanol–water partition coefficient (Wildman–Crippen LogP) is 7.29. The minimum atomic E-state index is -4.19. The van der Waals surface area contributed by atoms with E-state index in [0.29, 0.717) is 43.6 Å². The van der Waals surface area contributed by atoms with Crippen molar-refractivity contribution in [1.29, 1.82) is 0 Å². The van der Waals surface area contributed by atoms with E-state index in [0.717, 1.165) is 5.69 Å². The third-order valence-electron chi connectivity index (χ3n) is 6.11. The lowest BCUT2D eigenvalue weighted by Crippen LogP contribution is -2.39. The highest BCUT2D eigenvalue weighted by Crippen LogP contribution is 2.39. The van der Waals surface area contributed by atoms with Crippen LogP contribution in [0, 0.1) is 5.92 Å². The molecule has 0 N–H and O–H groups in total. The molecule has 5 rings (SSSR count). The fourth-order valence-electron chi connectivity index (χ4n) is 4.31. The van der Waals surface area contributed by atoms with Crippen molar-refractivity contribution < 1.29 is 13.2 Å². The molecule has 2 aromatic carbocycles. The highest BCUT2D eigenvalue weighted by atomic mass is 35.5. The number of aromatic nitrogens is 4. The third-order valence-corrected chi connectivity index (χ3v) is 7.24. The summed E-state index contributed by atoms with van der Waals surface area (Å²) in [5.41, 5.74) is 2.54. The summed E-state index contributed by atoms with van der Waals surface area (Å²) in [4.78, 5) is 16.2. The Balaban J connectivity index is 1.71. The van der Waals surface area contributed by atoms with Crippen LogP contribution in [0.25, 0.3) is 28.2 Å². The lowest BCUT2D eigenvalue weighted by Gasteiger charge is -2.33. The molecule has 1 fully saturated rings. The maximum atomic E-state index is 13.3. The van der Waals surface area contributed by atoms with Crippen molar-refractivity contribution in [3.05, 3.63) is 58.6 Å². The van der Waals surface area contributed by atoms with Gasteiger partial charge in [0.15, 0.2) is 22.1 Å². The number of piperidine rings is 1. The number of halogens is 5. The fourth-order valence-corrected chi connectivity index (χ4v) is 5.01. The van der Waals surface area contributed by atoms with Crippen molar-refractivity contribution in [1.82, 2.24) is 19.5 Å². The summed E-state index contributed by atoms with van der Waals surface area (Å²) >= 11 is 14.0. The van der Waals surface area contributed by atoms with Gasteiger partial charge in [0.1, 0.15) is 5.82 Å². The molecule has 0 radical (unpaired) electrons. The number of alkyl halides is 3. The molecule has 3 heterocycles. The first kappa shape index (κ1) is 24.2. The van der Waals surface area contributed by atoms with Crippen LogP contribution in [-0.4, -0.2) is 45.0 Å². The van der Waals surface area contributed by atoms with Gasteiger partial charge in [0, 0.05) is 29.4 Å². The quantitative estimate of drug-likeness (QED) is 0.202. The van der Waals surface area contributed by atoms with Crippen LogP contribution in [0.3, 0.4) is 0 Å². The minimum absolute atomic E-state index is 0.0128. The van der Waals surface area contributed by atoms with E-state index in [1.54, 1.807) is 18.2 Å². The summed E-state index contributed by atoms with van der Waals surface area (Å²) in [5.74, 6) is -0.214. The van der Waals surface area contributed by atoms with Crippen molar-refractivity contribution in [2.24, 2.45) is 5.92 Å². The van der Waals surface area contributed by atoms with Crippen LogP contribution in [0.1, 0.15) is 12.8 Å². The average Bonchev–Trinajstić information content (AvgIpc) is 3.23. The first-order chi connectivity index (χ1) is 16.8. The fraction of sp³-hybridized carbons (Fsp3) is 0.292. The zero-order valence-electron chi connectivity index (χ0n) is 18.6. The zero-order chi connectivity index (χ0) is 24.7. The lowest BCUT2D eigenvalue weighted by atomic mass is 9.96. The number of hydrogen-bond donors (Lipinski definition) is 0.